The van der Waals surface area contributed by atoms with Gasteiger partial charge in [-0.05, 0) is 48.6 Å². The molecule has 0 saturated carbocycles. The van der Waals surface area contributed by atoms with Crippen LogP contribution < -0.4 is 5.32 Å². The quantitative estimate of drug-likeness (QED) is 0.596. The van der Waals surface area contributed by atoms with Gasteiger partial charge in [0.1, 0.15) is 0 Å². The fourth-order valence-corrected chi connectivity index (χ4v) is 3.88. The maximum Gasteiger partial charge on any atom is 0.234 e. The minimum atomic E-state index is 0.0122. The first-order valence-electron chi connectivity index (χ1n) is 9.02. The standard InChI is InChI=1S/C22H24N2OS/c1-4-16-9-8-10-17(5-2)22(16)24-20(25)14-26-21-13-15(3)18-11-6-7-12-19(18)23-21/h6-13H,4-5,14H2,1-3H3,(H,24,25). The number of para-hydroxylation sites is 2. The molecule has 0 aliphatic carbocycles. The molecule has 3 nitrogen and oxygen atoms in total. The van der Waals surface area contributed by atoms with Crippen molar-refractivity contribution in [3.63, 3.8) is 0 Å². The smallest absolute Gasteiger partial charge is 0.234 e. The van der Waals surface area contributed by atoms with E-state index in [1.807, 2.05) is 18.2 Å². The number of carbonyl (C=O) groups excluding carboxylic acids is 1. The molecular weight excluding hydrogens is 340 g/mol. The van der Waals surface area contributed by atoms with Gasteiger partial charge in [-0.3, -0.25) is 4.79 Å². The molecule has 1 N–H and O–H groups in total. The minimum Gasteiger partial charge on any atom is -0.325 e. The van der Waals surface area contributed by atoms with Crippen LogP contribution in [0.5, 0.6) is 0 Å². The summed E-state index contributed by atoms with van der Waals surface area (Å²) in [7, 11) is 0. The van der Waals surface area contributed by atoms with Crippen molar-refractivity contribution in [2.75, 3.05) is 11.1 Å². The van der Waals surface area contributed by atoms with Crippen LogP contribution >= 0.6 is 11.8 Å². The number of nitrogens with one attached hydrogen (secondary N) is 1. The molecule has 26 heavy (non-hydrogen) atoms. The van der Waals surface area contributed by atoms with Crippen LogP contribution in [0.15, 0.2) is 53.6 Å². The molecule has 0 saturated heterocycles. The number of anilines is 1. The molecule has 1 amide bonds. The lowest BCUT2D eigenvalue weighted by Gasteiger charge is -2.14. The summed E-state index contributed by atoms with van der Waals surface area (Å²) in [5.74, 6) is 0.365. The zero-order valence-corrected chi connectivity index (χ0v) is 16.3. The van der Waals surface area contributed by atoms with Crippen LogP contribution in [0.4, 0.5) is 5.69 Å². The summed E-state index contributed by atoms with van der Waals surface area (Å²) >= 11 is 1.48. The summed E-state index contributed by atoms with van der Waals surface area (Å²) in [6.07, 6.45) is 1.81. The summed E-state index contributed by atoms with van der Waals surface area (Å²) in [4.78, 5) is 17.2. The van der Waals surface area contributed by atoms with E-state index in [1.165, 1.54) is 28.5 Å². The molecule has 1 aromatic heterocycles. The number of carbonyl (C=O) groups is 1. The third-order valence-electron chi connectivity index (χ3n) is 4.51. The van der Waals surface area contributed by atoms with Crippen molar-refractivity contribution in [2.24, 2.45) is 0 Å². The van der Waals surface area contributed by atoms with Crippen LogP contribution in [0.25, 0.3) is 10.9 Å². The van der Waals surface area contributed by atoms with Crippen LogP contribution in [-0.4, -0.2) is 16.6 Å². The van der Waals surface area contributed by atoms with Gasteiger partial charge in [0.05, 0.1) is 16.3 Å². The van der Waals surface area contributed by atoms with E-state index in [0.717, 1.165) is 34.5 Å². The molecule has 3 aromatic rings. The Morgan fingerprint density at radius 3 is 2.42 bits per heavy atom. The van der Waals surface area contributed by atoms with Gasteiger partial charge in [0.15, 0.2) is 0 Å². The van der Waals surface area contributed by atoms with E-state index in [2.05, 4.69) is 61.4 Å². The van der Waals surface area contributed by atoms with E-state index < -0.39 is 0 Å². The average Bonchev–Trinajstić information content (AvgIpc) is 2.66. The first kappa shape index (κ1) is 18.5. The Balaban J connectivity index is 1.72. The van der Waals surface area contributed by atoms with Gasteiger partial charge in [0, 0.05) is 11.1 Å². The SMILES string of the molecule is CCc1cccc(CC)c1NC(=O)CSc1cc(C)c2ccccc2n1. The van der Waals surface area contributed by atoms with Crippen LogP contribution in [-0.2, 0) is 17.6 Å². The summed E-state index contributed by atoms with van der Waals surface area (Å²) in [6, 6.07) is 16.4. The number of benzene rings is 2. The van der Waals surface area contributed by atoms with Gasteiger partial charge in [-0.1, -0.05) is 62.0 Å². The zero-order chi connectivity index (χ0) is 18.5. The maximum absolute atomic E-state index is 12.5. The van der Waals surface area contributed by atoms with Gasteiger partial charge in [-0.25, -0.2) is 4.98 Å². The minimum absolute atomic E-state index is 0.0122. The van der Waals surface area contributed by atoms with Crippen LogP contribution in [0.1, 0.15) is 30.5 Å². The van der Waals surface area contributed by atoms with E-state index >= 15 is 0 Å². The summed E-state index contributed by atoms with van der Waals surface area (Å²) in [5, 5.41) is 5.16. The number of pyridine rings is 1. The molecule has 0 spiro atoms. The summed E-state index contributed by atoms with van der Waals surface area (Å²) in [6.45, 7) is 6.31. The largest absolute Gasteiger partial charge is 0.325 e. The number of thioether (sulfide) groups is 1. The van der Waals surface area contributed by atoms with Gasteiger partial charge >= 0.3 is 0 Å². The summed E-state index contributed by atoms with van der Waals surface area (Å²) in [5.41, 5.74) is 5.50. The second-order valence-electron chi connectivity index (χ2n) is 6.29. The molecule has 0 bridgehead atoms. The van der Waals surface area contributed by atoms with Gasteiger partial charge in [-0.2, -0.15) is 0 Å². The first-order valence-corrected chi connectivity index (χ1v) is 10.0. The number of amides is 1. The number of aryl methyl sites for hydroxylation is 3. The van der Waals surface area contributed by atoms with Gasteiger partial charge in [-0.15, -0.1) is 0 Å². The van der Waals surface area contributed by atoms with Crippen molar-refractivity contribution in [2.45, 2.75) is 38.6 Å². The van der Waals surface area contributed by atoms with E-state index in [4.69, 9.17) is 0 Å². The highest BCUT2D eigenvalue weighted by Gasteiger charge is 2.11. The number of hydrogen-bond donors (Lipinski definition) is 1. The Kier molecular flexibility index (Phi) is 5.94. The second kappa shape index (κ2) is 8.37. The van der Waals surface area contributed by atoms with E-state index in [0.29, 0.717) is 5.75 Å². The van der Waals surface area contributed by atoms with E-state index in [-0.39, 0.29) is 5.91 Å². The predicted molar refractivity (Wildman–Crippen MR) is 111 cm³/mol. The molecule has 2 aromatic carbocycles. The average molecular weight is 365 g/mol. The van der Waals surface area contributed by atoms with Crippen molar-refractivity contribution >= 4 is 34.3 Å². The van der Waals surface area contributed by atoms with Gasteiger partial charge in [0.25, 0.3) is 0 Å². The highest BCUT2D eigenvalue weighted by atomic mass is 32.2. The second-order valence-corrected chi connectivity index (χ2v) is 7.29. The number of hydrogen-bond acceptors (Lipinski definition) is 3. The molecule has 0 radical (unpaired) electrons. The molecule has 0 aliphatic heterocycles. The molecule has 0 unspecified atom stereocenters. The Labute approximate surface area is 159 Å². The Morgan fingerprint density at radius 2 is 1.73 bits per heavy atom. The van der Waals surface area contributed by atoms with Crippen molar-refractivity contribution in [1.82, 2.24) is 4.98 Å². The Bertz CT molecular complexity index is 914. The normalized spacial score (nSPS) is 10.9. The van der Waals surface area contributed by atoms with E-state index in [9.17, 15) is 4.79 Å². The molecule has 4 heteroatoms. The number of rotatable bonds is 6. The fraction of sp³-hybridized carbons (Fsp3) is 0.273. The van der Waals surface area contributed by atoms with Crippen molar-refractivity contribution in [3.05, 3.63) is 65.2 Å². The van der Waals surface area contributed by atoms with Crippen molar-refractivity contribution < 1.29 is 4.79 Å². The van der Waals surface area contributed by atoms with Crippen molar-refractivity contribution in [3.8, 4) is 0 Å². The molecular formula is C22H24N2OS. The monoisotopic (exact) mass is 364 g/mol. The van der Waals surface area contributed by atoms with Crippen LogP contribution in [0.3, 0.4) is 0 Å². The third kappa shape index (κ3) is 4.07. The summed E-state index contributed by atoms with van der Waals surface area (Å²) < 4.78 is 0. The lowest BCUT2D eigenvalue weighted by molar-refractivity contribution is -0.113. The lowest BCUT2D eigenvalue weighted by Crippen LogP contribution is -2.16. The van der Waals surface area contributed by atoms with E-state index in [1.54, 1.807) is 0 Å². The maximum atomic E-state index is 12.5. The molecule has 0 fully saturated rings. The molecule has 1 heterocycles. The first-order chi connectivity index (χ1) is 12.6. The topological polar surface area (TPSA) is 42.0 Å². The molecule has 3 rings (SSSR count). The number of fused-ring (bicyclic) bond motifs is 1. The van der Waals surface area contributed by atoms with Crippen LogP contribution in [0.2, 0.25) is 0 Å². The van der Waals surface area contributed by atoms with Gasteiger partial charge in [0.2, 0.25) is 5.91 Å². The van der Waals surface area contributed by atoms with Crippen LogP contribution in [0, 0.1) is 6.92 Å². The predicted octanol–water partition coefficient (Wildman–Crippen LogP) is 5.40. The Morgan fingerprint density at radius 1 is 1.04 bits per heavy atom. The zero-order valence-electron chi connectivity index (χ0n) is 15.5. The van der Waals surface area contributed by atoms with Crippen molar-refractivity contribution in [1.29, 1.82) is 0 Å². The highest BCUT2D eigenvalue weighted by Crippen LogP contribution is 2.25. The molecule has 134 valence electrons. The number of nitrogens with zero attached hydrogens (tertiary/aromatic N) is 1. The number of aromatic nitrogens is 1. The lowest BCUT2D eigenvalue weighted by atomic mass is 10.0. The highest BCUT2D eigenvalue weighted by molar-refractivity contribution is 7.99. The molecule has 0 aliphatic rings. The molecule has 0 atom stereocenters. The van der Waals surface area contributed by atoms with Gasteiger partial charge < -0.3 is 5.32 Å². The fourth-order valence-electron chi connectivity index (χ4n) is 3.11. The Hall–Kier alpha value is -2.33. The third-order valence-corrected chi connectivity index (χ3v) is 5.43.